The van der Waals surface area contributed by atoms with Crippen molar-refractivity contribution in [2.45, 2.75) is 12.2 Å². The number of hydrogen-bond acceptors (Lipinski definition) is 4. The number of morpholine rings is 1. The lowest BCUT2D eigenvalue weighted by atomic mass is 10.0. The molecule has 3 rings (SSSR count). The zero-order valence-electron chi connectivity index (χ0n) is 13.0. The molecule has 0 bridgehead atoms. The monoisotopic (exact) mass is 333 g/mol. The van der Waals surface area contributed by atoms with Gasteiger partial charge < -0.3 is 19.5 Å². The Bertz CT molecular complexity index is 629. The summed E-state index contributed by atoms with van der Waals surface area (Å²) in [6.07, 6.45) is -0.318. The largest absolute Gasteiger partial charge is 0.497 e. The van der Waals surface area contributed by atoms with E-state index in [0.717, 1.165) is 18.7 Å². The average Bonchev–Trinajstić information content (AvgIpc) is 2.62. The minimum absolute atomic E-state index is 0.0755. The van der Waals surface area contributed by atoms with Crippen molar-refractivity contribution >= 4 is 11.6 Å². The fourth-order valence-corrected chi connectivity index (χ4v) is 2.78. The van der Waals surface area contributed by atoms with Crippen LogP contribution in [0.4, 0.5) is 0 Å². The molecule has 1 fully saturated rings. The van der Waals surface area contributed by atoms with Gasteiger partial charge in [0.2, 0.25) is 0 Å². The van der Waals surface area contributed by atoms with Crippen molar-refractivity contribution in [1.82, 2.24) is 5.32 Å². The number of rotatable bonds is 5. The smallest absolute Gasteiger partial charge is 0.151 e. The van der Waals surface area contributed by atoms with Gasteiger partial charge in [-0.25, -0.2) is 0 Å². The van der Waals surface area contributed by atoms with Gasteiger partial charge in [-0.2, -0.15) is 0 Å². The van der Waals surface area contributed by atoms with Crippen LogP contribution in [-0.2, 0) is 4.74 Å². The van der Waals surface area contributed by atoms with Crippen LogP contribution in [0.25, 0.3) is 0 Å². The molecule has 1 aliphatic rings. The van der Waals surface area contributed by atoms with Gasteiger partial charge in [-0.05, 0) is 17.7 Å². The highest BCUT2D eigenvalue weighted by Gasteiger charge is 2.28. The number of ether oxygens (including phenoxy) is 3. The Morgan fingerprint density at radius 3 is 2.74 bits per heavy atom. The summed E-state index contributed by atoms with van der Waals surface area (Å²) >= 11 is 6.29. The Hall–Kier alpha value is -1.75. The SMILES string of the molecule is COc1ccc(Cl)c(OC(c2ccccc2)C2CNCCO2)c1. The molecule has 0 aromatic heterocycles. The predicted octanol–water partition coefficient (Wildman–Crippen LogP) is 3.46. The molecule has 1 N–H and O–H groups in total. The number of halogens is 1. The van der Waals surface area contributed by atoms with Crippen molar-refractivity contribution in [3.8, 4) is 11.5 Å². The molecule has 0 spiro atoms. The zero-order chi connectivity index (χ0) is 16.1. The third-order valence-electron chi connectivity index (χ3n) is 3.81. The van der Waals surface area contributed by atoms with Crippen LogP contribution >= 0.6 is 11.6 Å². The molecule has 23 heavy (non-hydrogen) atoms. The highest BCUT2D eigenvalue weighted by molar-refractivity contribution is 6.32. The van der Waals surface area contributed by atoms with Gasteiger partial charge in [-0.15, -0.1) is 0 Å². The molecule has 2 unspecified atom stereocenters. The van der Waals surface area contributed by atoms with E-state index < -0.39 is 0 Å². The Morgan fingerprint density at radius 2 is 2.04 bits per heavy atom. The Morgan fingerprint density at radius 1 is 1.22 bits per heavy atom. The van der Waals surface area contributed by atoms with Crippen LogP contribution in [0, 0.1) is 0 Å². The summed E-state index contributed by atoms with van der Waals surface area (Å²) in [5, 5.41) is 3.90. The Balaban J connectivity index is 1.89. The van der Waals surface area contributed by atoms with E-state index in [2.05, 4.69) is 5.32 Å². The van der Waals surface area contributed by atoms with Gasteiger partial charge in [0, 0.05) is 19.2 Å². The third-order valence-corrected chi connectivity index (χ3v) is 4.13. The van der Waals surface area contributed by atoms with Crippen LogP contribution in [0.1, 0.15) is 11.7 Å². The number of methoxy groups -OCH3 is 1. The van der Waals surface area contributed by atoms with Crippen LogP contribution in [0.15, 0.2) is 48.5 Å². The maximum Gasteiger partial charge on any atom is 0.151 e. The molecule has 0 radical (unpaired) electrons. The molecule has 0 aliphatic carbocycles. The summed E-state index contributed by atoms with van der Waals surface area (Å²) < 4.78 is 17.4. The Labute approximate surface area is 141 Å². The van der Waals surface area contributed by atoms with E-state index in [1.165, 1.54) is 0 Å². The van der Waals surface area contributed by atoms with Gasteiger partial charge in [-0.3, -0.25) is 0 Å². The van der Waals surface area contributed by atoms with E-state index in [1.807, 2.05) is 36.4 Å². The minimum Gasteiger partial charge on any atom is -0.497 e. The zero-order valence-corrected chi connectivity index (χ0v) is 13.8. The lowest BCUT2D eigenvalue weighted by Gasteiger charge is -2.32. The highest BCUT2D eigenvalue weighted by atomic mass is 35.5. The van der Waals surface area contributed by atoms with E-state index >= 15 is 0 Å². The molecule has 2 atom stereocenters. The first-order chi connectivity index (χ1) is 11.3. The fourth-order valence-electron chi connectivity index (χ4n) is 2.62. The van der Waals surface area contributed by atoms with Gasteiger partial charge in [0.25, 0.3) is 0 Å². The van der Waals surface area contributed by atoms with Crippen LogP contribution in [0.5, 0.6) is 11.5 Å². The lowest BCUT2D eigenvalue weighted by molar-refractivity contribution is -0.0432. The van der Waals surface area contributed by atoms with Crippen LogP contribution in [0.2, 0.25) is 5.02 Å². The molecule has 2 aromatic carbocycles. The normalized spacial score (nSPS) is 19.1. The fraction of sp³-hybridized carbons (Fsp3) is 0.333. The summed E-state index contributed by atoms with van der Waals surface area (Å²) in [5.74, 6) is 1.30. The summed E-state index contributed by atoms with van der Waals surface area (Å²) in [7, 11) is 1.62. The Kier molecular flexibility index (Phi) is 5.39. The topological polar surface area (TPSA) is 39.7 Å². The summed E-state index contributed by atoms with van der Waals surface area (Å²) in [5.41, 5.74) is 1.06. The van der Waals surface area contributed by atoms with Crippen LogP contribution in [0.3, 0.4) is 0 Å². The highest BCUT2D eigenvalue weighted by Crippen LogP contribution is 2.34. The molecule has 5 heteroatoms. The predicted molar refractivity (Wildman–Crippen MR) is 90.4 cm³/mol. The standard InChI is InChI=1S/C18H20ClNO3/c1-21-14-7-8-15(19)16(11-14)23-18(13-5-3-2-4-6-13)17-12-20-9-10-22-17/h2-8,11,17-18,20H,9-10,12H2,1H3. The average molecular weight is 334 g/mol. The first-order valence-electron chi connectivity index (χ1n) is 7.65. The van der Waals surface area contributed by atoms with Crippen molar-refractivity contribution in [3.05, 3.63) is 59.1 Å². The number of hydrogen-bond donors (Lipinski definition) is 1. The molecular weight excluding hydrogens is 314 g/mol. The lowest BCUT2D eigenvalue weighted by Crippen LogP contribution is -2.43. The quantitative estimate of drug-likeness (QED) is 0.909. The molecule has 1 heterocycles. The molecule has 1 aliphatic heterocycles. The first kappa shape index (κ1) is 16.1. The summed E-state index contributed by atoms with van der Waals surface area (Å²) in [6, 6.07) is 15.4. The third kappa shape index (κ3) is 3.96. The van der Waals surface area contributed by atoms with Gasteiger partial charge in [-0.1, -0.05) is 41.9 Å². The van der Waals surface area contributed by atoms with Crippen LogP contribution < -0.4 is 14.8 Å². The minimum atomic E-state index is -0.242. The van der Waals surface area contributed by atoms with E-state index in [4.69, 9.17) is 25.8 Å². The van der Waals surface area contributed by atoms with Gasteiger partial charge in [0.15, 0.2) is 6.10 Å². The van der Waals surface area contributed by atoms with Crippen molar-refractivity contribution in [2.24, 2.45) is 0 Å². The second-order valence-electron chi connectivity index (χ2n) is 5.36. The molecule has 0 saturated carbocycles. The molecule has 2 aromatic rings. The molecule has 0 amide bonds. The maximum atomic E-state index is 6.29. The van der Waals surface area contributed by atoms with Gasteiger partial charge in [0.05, 0.1) is 18.7 Å². The maximum absolute atomic E-state index is 6.29. The number of nitrogens with one attached hydrogen (secondary N) is 1. The first-order valence-corrected chi connectivity index (χ1v) is 8.03. The molecule has 122 valence electrons. The second kappa shape index (κ2) is 7.68. The summed E-state index contributed by atoms with van der Waals surface area (Å²) in [4.78, 5) is 0. The van der Waals surface area contributed by atoms with Crippen LogP contribution in [-0.4, -0.2) is 32.9 Å². The van der Waals surface area contributed by atoms with Gasteiger partial charge >= 0.3 is 0 Å². The van der Waals surface area contributed by atoms with Crippen molar-refractivity contribution in [3.63, 3.8) is 0 Å². The molecular formula is C18H20ClNO3. The number of benzene rings is 2. The van der Waals surface area contributed by atoms with E-state index in [-0.39, 0.29) is 12.2 Å². The second-order valence-corrected chi connectivity index (χ2v) is 5.77. The molecule has 4 nitrogen and oxygen atoms in total. The van der Waals surface area contributed by atoms with E-state index in [9.17, 15) is 0 Å². The van der Waals surface area contributed by atoms with Gasteiger partial charge in [0.1, 0.15) is 17.6 Å². The van der Waals surface area contributed by atoms with E-state index in [0.29, 0.717) is 23.1 Å². The van der Waals surface area contributed by atoms with Crippen molar-refractivity contribution in [2.75, 3.05) is 26.8 Å². The van der Waals surface area contributed by atoms with Crippen molar-refractivity contribution < 1.29 is 14.2 Å². The summed E-state index contributed by atoms with van der Waals surface area (Å²) in [6.45, 7) is 2.27. The van der Waals surface area contributed by atoms with Crippen molar-refractivity contribution in [1.29, 1.82) is 0 Å². The van der Waals surface area contributed by atoms with E-state index in [1.54, 1.807) is 19.2 Å². The molecule has 1 saturated heterocycles.